The highest BCUT2D eigenvalue weighted by atomic mass is 32.2. The molecule has 0 radical (unpaired) electrons. The van der Waals surface area contributed by atoms with Crippen molar-refractivity contribution in [1.82, 2.24) is 4.98 Å². The van der Waals surface area contributed by atoms with E-state index < -0.39 is 26.8 Å². The lowest BCUT2D eigenvalue weighted by molar-refractivity contribution is -0.143. The van der Waals surface area contributed by atoms with Crippen molar-refractivity contribution in [2.24, 2.45) is 5.14 Å². The van der Waals surface area contributed by atoms with Crippen molar-refractivity contribution in [2.45, 2.75) is 30.0 Å². The lowest BCUT2D eigenvalue weighted by Crippen LogP contribution is -2.20. The van der Waals surface area contributed by atoms with Gasteiger partial charge in [0.15, 0.2) is 5.69 Å². The fraction of sp³-hybridized carbons (Fsp3) is 0.444. The van der Waals surface area contributed by atoms with Crippen molar-refractivity contribution in [1.29, 1.82) is 0 Å². The van der Waals surface area contributed by atoms with Crippen molar-refractivity contribution in [3.05, 3.63) is 18.0 Å². The number of sulfonamides is 1. The summed E-state index contributed by atoms with van der Waals surface area (Å²) in [5.74, 6) is -0.0328. The third-order valence-electron chi connectivity index (χ3n) is 2.23. The first-order valence-electron chi connectivity index (χ1n) is 4.94. The second-order valence-electron chi connectivity index (χ2n) is 3.88. The van der Waals surface area contributed by atoms with Crippen LogP contribution in [-0.4, -0.2) is 19.5 Å². The van der Waals surface area contributed by atoms with E-state index in [2.05, 4.69) is 4.98 Å². The Kier molecular flexibility index (Phi) is 2.98. The molecule has 1 saturated carbocycles. The van der Waals surface area contributed by atoms with E-state index in [0.29, 0.717) is 0 Å². The summed E-state index contributed by atoms with van der Waals surface area (Å²) in [5.41, 5.74) is -1.53. The maximum atomic E-state index is 12.6. The van der Waals surface area contributed by atoms with Gasteiger partial charge in [0.05, 0.1) is 12.3 Å². The highest BCUT2D eigenvalue weighted by Gasteiger charge is 2.39. The van der Waals surface area contributed by atoms with E-state index in [4.69, 9.17) is 9.88 Å². The Morgan fingerprint density at radius 3 is 2.44 bits per heavy atom. The molecule has 0 aliphatic heterocycles. The Bertz CT molecular complexity index is 567. The topological polar surface area (TPSA) is 82.3 Å². The van der Waals surface area contributed by atoms with Crippen molar-refractivity contribution < 1.29 is 26.3 Å². The summed E-state index contributed by atoms with van der Waals surface area (Å²) in [7, 11) is -4.52. The number of pyridine rings is 1. The number of alkyl halides is 3. The van der Waals surface area contributed by atoms with Crippen molar-refractivity contribution in [3.63, 3.8) is 0 Å². The van der Waals surface area contributed by atoms with Gasteiger partial charge in [0.2, 0.25) is 10.0 Å². The molecule has 5 nitrogen and oxygen atoms in total. The van der Waals surface area contributed by atoms with Crippen LogP contribution in [0.1, 0.15) is 18.5 Å². The van der Waals surface area contributed by atoms with Gasteiger partial charge in [0.25, 0.3) is 0 Å². The molecule has 1 aliphatic rings. The molecule has 9 heteroatoms. The van der Waals surface area contributed by atoms with Gasteiger partial charge >= 0.3 is 6.18 Å². The van der Waals surface area contributed by atoms with Crippen LogP contribution in [0, 0.1) is 0 Å². The van der Waals surface area contributed by atoms with Crippen LogP contribution in [0.15, 0.2) is 17.2 Å². The zero-order chi connectivity index (χ0) is 13.6. The van der Waals surface area contributed by atoms with Crippen LogP contribution in [0.4, 0.5) is 13.2 Å². The van der Waals surface area contributed by atoms with Gasteiger partial charge < -0.3 is 4.74 Å². The van der Waals surface area contributed by atoms with E-state index in [9.17, 15) is 21.6 Å². The molecular weight excluding hydrogens is 273 g/mol. The van der Waals surface area contributed by atoms with Crippen LogP contribution < -0.4 is 9.88 Å². The summed E-state index contributed by atoms with van der Waals surface area (Å²) in [6, 6.07) is 0.753. The standard InChI is InChI=1S/C9H9F3N2O3S/c10-9(11,12)8-7(18(13,15)16)3-6(4-14-8)17-5-1-2-5/h3-5H,1-2H2,(H2,13,15,16). The zero-order valence-corrected chi connectivity index (χ0v) is 9.75. The van der Waals surface area contributed by atoms with Gasteiger partial charge in [-0.1, -0.05) is 0 Å². The molecule has 2 rings (SSSR count). The van der Waals surface area contributed by atoms with Crippen LogP contribution in [0.25, 0.3) is 0 Å². The molecule has 1 fully saturated rings. The van der Waals surface area contributed by atoms with Crippen LogP contribution >= 0.6 is 0 Å². The van der Waals surface area contributed by atoms with E-state index in [1.807, 2.05) is 0 Å². The summed E-state index contributed by atoms with van der Waals surface area (Å²) in [6.07, 6.45) is -2.57. The van der Waals surface area contributed by atoms with Crippen LogP contribution in [0.2, 0.25) is 0 Å². The van der Waals surface area contributed by atoms with Crippen molar-refractivity contribution in [3.8, 4) is 5.75 Å². The monoisotopic (exact) mass is 282 g/mol. The Morgan fingerprint density at radius 1 is 1.39 bits per heavy atom. The maximum Gasteiger partial charge on any atom is 0.434 e. The van der Waals surface area contributed by atoms with Gasteiger partial charge in [-0.2, -0.15) is 13.2 Å². The van der Waals surface area contributed by atoms with E-state index in [1.165, 1.54) is 0 Å². The largest absolute Gasteiger partial charge is 0.489 e. The Labute approximate surface area is 101 Å². The Balaban J connectivity index is 2.48. The molecule has 2 N–H and O–H groups in total. The molecule has 100 valence electrons. The second kappa shape index (κ2) is 4.09. The smallest absolute Gasteiger partial charge is 0.434 e. The number of hydrogen-bond donors (Lipinski definition) is 1. The first-order valence-corrected chi connectivity index (χ1v) is 6.49. The third kappa shape index (κ3) is 2.91. The van der Waals surface area contributed by atoms with Gasteiger partial charge in [0.1, 0.15) is 10.6 Å². The molecule has 0 atom stereocenters. The number of nitrogens with zero attached hydrogens (tertiary/aromatic N) is 1. The highest BCUT2D eigenvalue weighted by molar-refractivity contribution is 7.89. The van der Waals surface area contributed by atoms with Crippen LogP contribution in [-0.2, 0) is 16.2 Å². The molecule has 18 heavy (non-hydrogen) atoms. The summed E-state index contributed by atoms with van der Waals surface area (Å²) in [5, 5.41) is 4.75. The van der Waals surface area contributed by atoms with E-state index in [-0.39, 0.29) is 11.9 Å². The maximum absolute atomic E-state index is 12.6. The van der Waals surface area contributed by atoms with Gasteiger partial charge in [-0.15, -0.1) is 0 Å². The summed E-state index contributed by atoms with van der Waals surface area (Å²) in [6.45, 7) is 0. The first-order chi connectivity index (χ1) is 8.18. The predicted octanol–water partition coefficient (Wildman–Crippen LogP) is 1.29. The van der Waals surface area contributed by atoms with Gasteiger partial charge in [-0.05, 0) is 12.8 Å². The average Bonchev–Trinajstić information content (AvgIpc) is 2.98. The number of hydrogen-bond acceptors (Lipinski definition) is 4. The number of halogens is 3. The quantitative estimate of drug-likeness (QED) is 0.905. The van der Waals surface area contributed by atoms with Crippen molar-refractivity contribution >= 4 is 10.0 Å². The molecule has 0 bridgehead atoms. The molecule has 1 heterocycles. The van der Waals surface area contributed by atoms with E-state index in [0.717, 1.165) is 25.1 Å². The fourth-order valence-electron chi connectivity index (χ4n) is 1.30. The van der Waals surface area contributed by atoms with Gasteiger partial charge in [0, 0.05) is 6.07 Å². The summed E-state index contributed by atoms with van der Waals surface area (Å²) >= 11 is 0. The third-order valence-corrected chi connectivity index (χ3v) is 3.15. The molecule has 0 spiro atoms. The highest BCUT2D eigenvalue weighted by Crippen LogP contribution is 2.35. The number of rotatable bonds is 3. The summed E-state index contributed by atoms with van der Waals surface area (Å²) < 4.78 is 65.1. The molecule has 1 aromatic heterocycles. The Hall–Kier alpha value is -1.35. The van der Waals surface area contributed by atoms with Gasteiger partial charge in [-0.25, -0.2) is 18.5 Å². The predicted molar refractivity (Wildman–Crippen MR) is 54.3 cm³/mol. The number of aromatic nitrogens is 1. The number of nitrogens with two attached hydrogens (primary N) is 1. The minimum atomic E-state index is -4.89. The first kappa shape index (κ1) is 13.1. The minimum absolute atomic E-state index is 0.0328. The molecule has 1 aromatic rings. The molecule has 0 unspecified atom stereocenters. The normalized spacial score (nSPS) is 16.7. The van der Waals surface area contributed by atoms with Crippen LogP contribution in [0.5, 0.6) is 5.75 Å². The van der Waals surface area contributed by atoms with Crippen molar-refractivity contribution in [2.75, 3.05) is 0 Å². The lowest BCUT2D eigenvalue weighted by atomic mass is 10.3. The molecule has 1 aliphatic carbocycles. The fourth-order valence-corrected chi connectivity index (χ4v) is 2.02. The molecule has 0 amide bonds. The molecule has 0 saturated heterocycles. The summed E-state index contributed by atoms with van der Waals surface area (Å²) in [4.78, 5) is 2.01. The Morgan fingerprint density at radius 2 is 2.00 bits per heavy atom. The van der Waals surface area contributed by atoms with Gasteiger partial charge in [-0.3, -0.25) is 0 Å². The molecule has 0 aromatic carbocycles. The average molecular weight is 282 g/mol. The van der Waals surface area contributed by atoms with Crippen LogP contribution in [0.3, 0.4) is 0 Å². The lowest BCUT2D eigenvalue weighted by Gasteiger charge is -2.12. The van der Waals surface area contributed by atoms with E-state index >= 15 is 0 Å². The number of ether oxygens (including phenoxy) is 1. The number of primary sulfonamides is 1. The second-order valence-corrected chi connectivity index (χ2v) is 5.41. The zero-order valence-electron chi connectivity index (χ0n) is 8.94. The SMILES string of the molecule is NS(=O)(=O)c1cc(OC2CC2)cnc1C(F)(F)F. The molecular formula is C9H9F3N2O3S. The minimum Gasteiger partial charge on any atom is -0.489 e. The van der Waals surface area contributed by atoms with E-state index in [1.54, 1.807) is 0 Å².